The molecule has 178 valence electrons. The number of benzene rings is 1. The first kappa shape index (κ1) is 23.6. The van der Waals surface area contributed by atoms with Crippen LogP contribution in [0.5, 0.6) is 0 Å². The average Bonchev–Trinajstić information content (AvgIpc) is 3.20. The number of aromatic nitrogens is 1. The molecule has 1 aliphatic heterocycles. The number of ether oxygens (including phenoxy) is 1. The van der Waals surface area contributed by atoms with Crippen LogP contribution in [0.15, 0.2) is 36.4 Å². The van der Waals surface area contributed by atoms with Crippen molar-refractivity contribution in [3.05, 3.63) is 47.7 Å². The Labute approximate surface area is 197 Å². The third-order valence-electron chi connectivity index (χ3n) is 7.24. The van der Waals surface area contributed by atoms with Crippen LogP contribution in [0.3, 0.4) is 0 Å². The molecule has 1 aromatic carbocycles. The Morgan fingerprint density at radius 3 is 2.36 bits per heavy atom. The Bertz CT molecular complexity index is 939. The number of carbonyl (C=O) groups is 2. The Balaban J connectivity index is 1.42. The van der Waals surface area contributed by atoms with Gasteiger partial charge in [-0.05, 0) is 38.3 Å². The van der Waals surface area contributed by atoms with Gasteiger partial charge in [-0.3, -0.25) is 9.69 Å². The van der Waals surface area contributed by atoms with E-state index in [1.807, 2.05) is 55.1 Å². The molecule has 0 atom stereocenters. The summed E-state index contributed by atoms with van der Waals surface area (Å²) < 4.78 is 7.36. The predicted molar refractivity (Wildman–Crippen MR) is 130 cm³/mol. The first-order chi connectivity index (χ1) is 16.1. The van der Waals surface area contributed by atoms with Crippen molar-refractivity contribution in [2.75, 3.05) is 32.8 Å². The first-order valence-corrected chi connectivity index (χ1v) is 12.5. The summed E-state index contributed by atoms with van der Waals surface area (Å²) in [7, 11) is 0. The van der Waals surface area contributed by atoms with E-state index in [-0.39, 0.29) is 11.9 Å². The number of piperazine rings is 1. The summed E-state index contributed by atoms with van der Waals surface area (Å²) in [5, 5.41) is 0. The summed E-state index contributed by atoms with van der Waals surface area (Å²) in [5.74, 6) is -0.112. The van der Waals surface area contributed by atoms with Gasteiger partial charge in [-0.1, -0.05) is 49.6 Å². The lowest BCUT2D eigenvalue weighted by atomic mass is 9.94. The molecule has 0 bridgehead atoms. The van der Waals surface area contributed by atoms with Crippen molar-refractivity contribution < 1.29 is 14.3 Å². The lowest BCUT2D eigenvalue weighted by molar-refractivity contribution is -0.133. The molecule has 2 aliphatic rings. The highest BCUT2D eigenvalue weighted by Crippen LogP contribution is 2.27. The summed E-state index contributed by atoms with van der Waals surface area (Å²) in [6, 6.07) is 12.6. The summed E-state index contributed by atoms with van der Waals surface area (Å²) in [6.07, 6.45) is 7.12. The molecule has 0 radical (unpaired) electrons. The van der Waals surface area contributed by atoms with Gasteiger partial charge in [-0.2, -0.15) is 0 Å². The largest absolute Gasteiger partial charge is 0.462 e. The molecule has 1 aromatic heterocycles. The average molecular weight is 452 g/mol. The maximum atomic E-state index is 13.1. The van der Waals surface area contributed by atoms with Crippen LogP contribution in [0, 0.1) is 6.92 Å². The standard InChI is InChI=1S/C27H37N3O3/c1-3-33-27(32)24-20-25(22-10-6-4-7-11-22)30(21(24)2)15-14-26(31)29-18-16-28(17-19-29)23-12-8-5-9-13-23/h4,6-7,10-11,20,23H,3,5,8-9,12-19H2,1-2H3. The van der Waals surface area contributed by atoms with Crippen molar-refractivity contribution in [2.24, 2.45) is 0 Å². The quantitative estimate of drug-likeness (QED) is 0.582. The fourth-order valence-electron chi connectivity index (χ4n) is 5.35. The topological polar surface area (TPSA) is 54.8 Å². The molecule has 0 unspecified atom stereocenters. The van der Waals surface area contributed by atoms with Crippen LogP contribution in [0.2, 0.25) is 0 Å². The van der Waals surface area contributed by atoms with Crippen molar-refractivity contribution in [1.29, 1.82) is 0 Å². The molecule has 2 heterocycles. The molecule has 33 heavy (non-hydrogen) atoms. The monoisotopic (exact) mass is 451 g/mol. The third kappa shape index (κ3) is 5.49. The van der Waals surface area contributed by atoms with Crippen LogP contribution in [-0.4, -0.2) is 65.1 Å². The number of hydrogen-bond acceptors (Lipinski definition) is 4. The minimum atomic E-state index is -0.309. The smallest absolute Gasteiger partial charge is 0.339 e. The minimum absolute atomic E-state index is 0.197. The van der Waals surface area contributed by atoms with Crippen LogP contribution in [0.25, 0.3) is 11.3 Å². The van der Waals surface area contributed by atoms with Gasteiger partial charge in [0.05, 0.1) is 12.2 Å². The highest BCUT2D eigenvalue weighted by molar-refractivity contribution is 5.92. The van der Waals surface area contributed by atoms with E-state index >= 15 is 0 Å². The van der Waals surface area contributed by atoms with Crippen LogP contribution < -0.4 is 0 Å². The zero-order chi connectivity index (χ0) is 23.2. The number of amides is 1. The second-order valence-corrected chi connectivity index (χ2v) is 9.23. The lowest BCUT2D eigenvalue weighted by Gasteiger charge is -2.40. The zero-order valence-electron chi connectivity index (χ0n) is 20.1. The van der Waals surface area contributed by atoms with Gasteiger partial charge in [0.2, 0.25) is 5.91 Å². The van der Waals surface area contributed by atoms with Gasteiger partial charge < -0.3 is 14.2 Å². The van der Waals surface area contributed by atoms with Crippen molar-refractivity contribution in [2.45, 2.75) is 65.0 Å². The number of esters is 1. The fourth-order valence-corrected chi connectivity index (χ4v) is 5.35. The van der Waals surface area contributed by atoms with E-state index in [0.717, 1.165) is 43.1 Å². The molecule has 0 spiro atoms. The maximum absolute atomic E-state index is 13.1. The normalized spacial score (nSPS) is 17.8. The van der Waals surface area contributed by atoms with Crippen molar-refractivity contribution in [3.8, 4) is 11.3 Å². The van der Waals surface area contributed by atoms with Gasteiger partial charge in [0.1, 0.15) is 0 Å². The fraction of sp³-hybridized carbons (Fsp3) is 0.556. The highest BCUT2D eigenvalue weighted by atomic mass is 16.5. The van der Waals surface area contributed by atoms with E-state index in [1.165, 1.54) is 32.1 Å². The number of hydrogen-bond donors (Lipinski definition) is 0. The molecule has 1 aliphatic carbocycles. The molecule has 2 aromatic rings. The van der Waals surface area contributed by atoms with Gasteiger partial charge in [0, 0.05) is 56.6 Å². The second kappa shape index (κ2) is 11.0. The lowest BCUT2D eigenvalue weighted by Crippen LogP contribution is -2.52. The molecule has 1 saturated heterocycles. The van der Waals surface area contributed by atoms with Gasteiger partial charge in [0.15, 0.2) is 0 Å². The summed E-state index contributed by atoms with van der Waals surface area (Å²) in [4.78, 5) is 30.2. The van der Waals surface area contributed by atoms with Crippen LogP contribution in [0.4, 0.5) is 0 Å². The molecule has 6 nitrogen and oxygen atoms in total. The summed E-state index contributed by atoms with van der Waals surface area (Å²) >= 11 is 0. The SMILES string of the molecule is CCOC(=O)c1cc(-c2ccccc2)n(CCC(=O)N2CCN(C3CCCCC3)CC2)c1C. The number of carbonyl (C=O) groups excluding carboxylic acids is 2. The van der Waals surface area contributed by atoms with Gasteiger partial charge in [0.25, 0.3) is 0 Å². The van der Waals surface area contributed by atoms with Gasteiger partial charge >= 0.3 is 5.97 Å². The van der Waals surface area contributed by atoms with E-state index in [4.69, 9.17) is 4.74 Å². The Hall–Kier alpha value is -2.60. The van der Waals surface area contributed by atoms with E-state index in [2.05, 4.69) is 9.47 Å². The second-order valence-electron chi connectivity index (χ2n) is 9.23. The zero-order valence-corrected chi connectivity index (χ0v) is 20.1. The summed E-state index contributed by atoms with van der Waals surface area (Å²) in [6.45, 7) is 8.26. The van der Waals surface area contributed by atoms with Crippen molar-refractivity contribution in [3.63, 3.8) is 0 Å². The van der Waals surface area contributed by atoms with Gasteiger partial charge in [-0.15, -0.1) is 0 Å². The van der Waals surface area contributed by atoms with E-state index in [0.29, 0.717) is 31.2 Å². The van der Waals surface area contributed by atoms with Crippen molar-refractivity contribution in [1.82, 2.24) is 14.4 Å². The van der Waals surface area contributed by atoms with Crippen LogP contribution in [-0.2, 0) is 16.1 Å². The Kier molecular flexibility index (Phi) is 7.86. The third-order valence-corrected chi connectivity index (χ3v) is 7.24. The number of nitrogens with zero attached hydrogens (tertiary/aromatic N) is 3. The van der Waals surface area contributed by atoms with Crippen LogP contribution in [0.1, 0.15) is 61.5 Å². The number of rotatable bonds is 7. The maximum Gasteiger partial charge on any atom is 0.339 e. The molecular weight excluding hydrogens is 414 g/mol. The molecule has 4 rings (SSSR count). The van der Waals surface area contributed by atoms with Gasteiger partial charge in [-0.25, -0.2) is 4.79 Å². The van der Waals surface area contributed by atoms with Crippen molar-refractivity contribution >= 4 is 11.9 Å². The predicted octanol–water partition coefficient (Wildman–Crippen LogP) is 4.51. The molecule has 1 saturated carbocycles. The molecule has 6 heteroatoms. The highest BCUT2D eigenvalue weighted by Gasteiger charge is 2.27. The first-order valence-electron chi connectivity index (χ1n) is 12.5. The molecule has 2 fully saturated rings. The van der Waals surface area contributed by atoms with E-state index < -0.39 is 0 Å². The Morgan fingerprint density at radius 2 is 1.70 bits per heavy atom. The molecule has 1 amide bonds. The minimum Gasteiger partial charge on any atom is -0.462 e. The van der Waals surface area contributed by atoms with E-state index in [9.17, 15) is 9.59 Å². The molecular formula is C27H37N3O3. The summed E-state index contributed by atoms with van der Waals surface area (Å²) in [5.41, 5.74) is 3.40. The van der Waals surface area contributed by atoms with Crippen LogP contribution >= 0.6 is 0 Å². The molecule has 0 N–H and O–H groups in total. The Morgan fingerprint density at radius 1 is 1.00 bits per heavy atom. The van der Waals surface area contributed by atoms with E-state index in [1.54, 1.807) is 0 Å².